The van der Waals surface area contributed by atoms with Crippen molar-refractivity contribution in [2.75, 3.05) is 38.0 Å². The van der Waals surface area contributed by atoms with Crippen molar-refractivity contribution in [2.45, 2.75) is 26.9 Å². The number of benzene rings is 2. The smallest absolute Gasteiger partial charge is 0.263 e. The molecule has 1 atom stereocenters. The fourth-order valence-electron chi connectivity index (χ4n) is 3.56. The summed E-state index contributed by atoms with van der Waals surface area (Å²) in [7, 11) is 0. The number of halogens is 1. The van der Waals surface area contributed by atoms with Gasteiger partial charge in [-0.05, 0) is 44.0 Å². The number of nitrogens with one attached hydrogen (secondary N) is 1. The van der Waals surface area contributed by atoms with Gasteiger partial charge in [-0.25, -0.2) is 0 Å². The molecule has 0 bridgehead atoms. The lowest BCUT2D eigenvalue weighted by Crippen LogP contribution is -2.53. The molecule has 2 aromatic rings. The minimum atomic E-state index is -0.622. The fourth-order valence-corrected chi connectivity index (χ4v) is 3.74. The second-order valence-corrected chi connectivity index (χ2v) is 8.01. The van der Waals surface area contributed by atoms with E-state index in [0.717, 1.165) is 16.8 Å². The minimum Gasteiger partial charge on any atom is -0.479 e. The van der Waals surface area contributed by atoms with Crippen LogP contribution in [0, 0.1) is 13.8 Å². The highest BCUT2D eigenvalue weighted by Crippen LogP contribution is 2.24. The number of carbonyl (C=O) groups is 2. The zero-order chi connectivity index (χ0) is 21.7. The van der Waals surface area contributed by atoms with Crippen LogP contribution in [0.1, 0.15) is 18.1 Å². The predicted molar refractivity (Wildman–Crippen MR) is 119 cm³/mol. The molecule has 2 aromatic carbocycles. The average molecular weight is 430 g/mol. The Morgan fingerprint density at radius 3 is 2.30 bits per heavy atom. The number of carbonyl (C=O) groups excluding carboxylic acids is 2. The monoisotopic (exact) mass is 429 g/mol. The van der Waals surface area contributed by atoms with E-state index in [4.69, 9.17) is 16.3 Å². The Kier molecular flexibility index (Phi) is 7.34. The summed E-state index contributed by atoms with van der Waals surface area (Å²) in [5, 5.41) is 3.50. The molecule has 30 heavy (non-hydrogen) atoms. The van der Waals surface area contributed by atoms with Crippen molar-refractivity contribution >= 4 is 29.1 Å². The van der Waals surface area contributed by atoms with E-state index < -0.39 is 6.10 Å². The second-order valence-electron chi connectivity index (χ2n) is 7.61. The van der Waals surface area contributed by atoms with Crippen molar-refractivity contribution in [3.05, 3.63) is 58.6 Å². The molecule has 0 saturated carbocycles. The molecule has 2 amide bonds. The quantitative estimate of drug-likeness (QED) is 0.763. The van der Waals surface area contributed by atoms with E-state index in [2.05, 4.69) is 10.2 Å². The summed E-state index contributed by atoms with van der Waals surface area (Å²) >= 11 is 6.11. The number of hydrogen-bond acceptors (Lipinski definition) is 4. The van der Waals surface area contributed by atoms with Crippen LogP contribution in [0.4, 0.5) is 5.69 Å². The zero-order valence-corrected chi connectivity index (χ0v) is 18.4. The molecular weight excluding hydrogens is 402 g/mol. The van der Waals surface area contributed by atoms with Crippen LogP contribution < -0.4 is 10.1 Å². The topological polar surface area (TPSA) is 61.9 Å². The molecule has 1 fully saturated rings. The van der Waals surface area contributed by atoms with Gasteiger partial charge in [0.1, 0.15) is 5.75 Å². The summed E-state index contributed by atoms with van der Waals surface area (Å²) in [6, 6.07) is 13.1. The van der Waals surface area contributed by atoms with Gasteiger partial charge in [0.2, 0.25) is 5.91 Å². The first-order chi connectivity index (χ1) is 14.3. The summed E-state index contributed by atoms with van der Waals surface area (Å²) in [6.07, 6.45) is -0.622. The summed E-state index contributed by atoms with van der Waals surface area (Å²) in [6.45, 7) is 8.42. The van der Waals surface area contributed by atoms with Crippen LogP contribution >= 0.6 is 11.6 Å². The molecule has 0 aliphatic carbocycles. The molecule has 6 nitrogen and oxygen atoms in total. The van der Waals surface area contributed by atoms with Crippen molar-refractivity contribution in [3.63, 3.8) is 0 Å². The van der Waals surface area contributed by atoms with Gasteiger partial charge in [-0.1, -0.05) is 41.9 Å². The standard InChI is InChI=1S/C23H28ClN3O3/c1-16-7-6-8-17(2)22(16)25-21(28)15-26-11-13-27(14-12-26)23(29)18(3)30-20-10-5-4-9-19(20)24/h4-10,18H,11-15H2,1-3H3,(H,25,28). The third kappa shape index (κ3) is 5.52. The lowest BCUT2D eigenvalue weighted by Gasteiger charge is -2.35. The predicted octanol–water partition coefficient (Wildman–Crippen LogP) is 3.51. The maximum atomic E-state index is 12.7. The number of aryl methyl sites for hydroxylation is 2. The van der Waals surface area contributed by atoms with Gasteiger partial charge in [0.15, 0.2) is 6.10 Å². The van der Waals surface area contributed by atoms with E-state index in [1.807, 2.05) is 44.2 Å². The molecule has 0 radical (unpaired) electrons. The van der Waals surface area contributed by atoms with Crippen LogP contribution in [0.3, 0.4) is 0 Å². The highest BCUT2D eigenvalue weighted by Gasteiger charge is 2.27. The molecule has 1 aliphatic rings. The van der Waals surface area contributed by atoms with Crippen molar-refractivity contribution in [2.24, 2.45) is 0 Å². The first-order valence-corrected chi connectivity index (χ1v) is 10.5. The van der Waals surface area contributed by atoms with Crippen molar-refractivity contribution in [1.29, 1.82) is 0 Å². The minimum absolute atomic E-state index is 0.0393. The van der Waals surface area contributed by atoms with Crippen LogP contribution in [-0.4, -0.2) is 60.4 Å². The fraction of sp³-hybridized carbons (Fsp3) is 0.391. The molecule has 1 unspecified atom stereocenters. The van der Waals surface area contributed by atoms with Crippen molar-refractivity contribution < 1.29 is 14.3 Å². The van der Waals surface area contributed by atoms with Crippen molar-refractivity contribution in [1.82, 2.24) is 9.80 Å². The summed E-state index contributed by atoms with van der Waals surface area (Å²) < 4.78 is 5.74. The number of piperazine rings is 1. The van der Waals surface area contributed by atoms with Crippen LogP contribution in [0.5, 0.6) is 5.75 Å². The van der Waals surface area contributed by atoms with E-state index in [1.165, 1.54) is 0 Å². The van der Waals surface area contributed by atoms with Crippen molar-refractivity contribution in [3.8, 4) is 5.75 Å². The lowest BCUT2D eigenvalue weighted by molar-refractivity contribution is -0.139. The average Bonchev–Trinajstić information content (AvgIpc) is 2.72. The molecule has 1 heterocycles. The molecule has 7 heteroatoms. The van der Waals surface area contributed by atoms with Gasteiger partial charge >= 0.3 is 0 Å². The SMILES string of the molecule is Cc1cccc(C)c1NC(=O)CN1CCN(C(=O)C(C)Oc2ccccc2Cl)CC1. The Balaban J connectivity index is 1.47. The third-order valence-corrected chi connectivity index (χ3v) is 5.60. The van der Waals surface area contributed by atoms with Gasteiger partial charge in [-0.3, -0.25) is 14.5 Å². The van der Waals surface area contributed by atoms with E-state index >= 15 is 0 Å². The Labute approximate surface area is 182 Å². The Bertz CT molecular complexity index is 890. The first-order valence-electron chi connectivity index (χ1n) is 10.1. The Morgan fingerprint density at radius 2 is 1.67 bits per heavy atom. The van der Waals surface area contributed by atoms with E-state index in [9.17, 15) is 9.59 Å². The van der Waals surface area contributed by atoms with Crippen LogP contribution in [-0.2, 0) is 9.59 Å². The molecule has 1 saturated heterocycles. The third-order valence-electron chi connectivity index (χ3n) is 5.28. The van der Waals surface area contributed by atoms with E-state index in [0.29, 0.717) is 43.5 Å². The van der Waals surface area contributed by atoms with Gasteiger partial charge in [0, 0.05) is 31.9 Å². The first kappa shape index (κ1) is 22.1. The molecular formula is C23H28ClN3O3. The molecule has 3 rings (SSSR count). The maximum absolute atomic E-state index is 12.7. The Hall–Kier alpha value is -2.57. The number of hydrogen-bond donors (Lipinski definition) is 1. The van der Waals surface area contributed by atoms with Crippen LogP contribution in [0.15, 0.2) is 42.5 Å². The van der Waals surface area contributed by atoms with Gasteiger partial charge in [0.25, 0.3) is 5.91 Å². The van der Waals surface area contributed by atoms with Gasteiger partial charge in [-0.2, -0.15) is 0 Å². The van der Waals surface area contributed by atoms with Crippen LogP contribution in [0.25, 0.3) is 0 Å². The number of amides is 2. The molecule has 0 spiro atoms. The highest BCUT2D eigenvalue weighted by molar-refractivity contribution is 6.32. The Morgan fingerprint density at radius 1 is 1.03 bits per heavy atom. The van der Waals surface area contributed by atoms with Gasteiger partial charge in [0.05, 0.1) is 11.6 Å². The molecule has 160 valence electrons. The molecule has 1 N–H and O–H groups in total. The largest absolute Gasteiger partial charge is 0.479 e. The van der Waals surface area contributed by atoms with E-state index in [1.54, 1.807) is 24.0 Å². The summed E-state index contributed by atoms with van der Waals surface area (Å²) in [4.78, 5) is 29.0. The van der Waals surface area contributed by atoms with Crippen LogP contribution in [0.2, 0.25) is 5.02 Å². The number of ether oxygens (including phenoxy) is 1. The molecule has 0 aromatic heterocycles. The summed E-state index contributed by atoms with van der Waals surface area (Å²) in [5.74, 6) is 0.388. The van der Waals surface area contributed by atoms with E-state index in [-0.39, 0.29) is 11.8 Å². The molecule has 1 aliphatic heterocycles. The van der Waals surface area contributed by atoms with Gasteiger partial charge < -0.3 is 15.0 Å². The normalized spacial score (nSPS) is 15.5. The summed E-state index contributed by atoms with van der Waals surface area (Å²) in [5.41, 5.74) is 2.97. The van der Waals surface area contributed by atoms with Gasteiger partial charge in [-0.15, -0.1) is 0 Å². The second kappa shape index (κ2) is 9.96. The number of nitrogens with zero attached hydrogens (tertiary/aromatic N) is 2. The highest BCUT2D eigenvalue weighted by atomic mass is 35.5. The number of para-hydroxylation sites is 2. The number of rotatable bonds is 6. The lowest BCUT2D eigenvalue weighted by atomic mass is 10.1. The zero-order valence-electron chi connectivity index (χ0n) is 17.7. The number of anilines is 1. The maximum Gasteiger partial charge on any atom is 0.263 e.